The largest absolute Gasteiger partial charge is 0.378 e. The second-order valence-electron chi connectivity index (χ2n) is 7.88. The van der Waals surface area contributed by atoms with Crippen molar-refractivity contribution in [2.45, 2.75) is 52.1 Å². The van der Waals surface area contributed by atoms with E-state index in [1.165, 1.54) is 16.7 Å². The van der Waals surface area contributed by atoms with Gasteiger partial charge in [-0.1, -0.05) is 42.8 Å². The van der Waals surface area contributed by atoms with Crippen molar-refractivity contribution in [3.05, 3.63) is 46.8 Å². The Hall–Kier alpha value is -3.60. The van der Waals surface area contributed by atoms with E-state index in [0.717, 1.165) is 31.4 Å². The van der Waals surface area contributed by atoms with Gasteiger partial charge in [-0.3, -0.25) is 9.69 Å². The number of hydrogen-bond donors (Lipinski definition) is 2. The molecular formula is C21H27N9O2. The Bertz CT molecular complexity index is 1090. The summed E-state index contributed by atoms with van der Waals surface area (Å²) < 4.78 is 6.13. The predicted molar refractivity (Wildman–Crippen MR) is 118 cm³/mol. The average Bonchev–Trinajstić information content (AvgIpc) is 3.41. The number of amides is 1. The molecule has 1 aromatic carbocycles. The number of anilines is 1. The van der Waals surface area contributed by atoms with Gasteiger partial charge in [-0.25, -0.2) is 10.1 Å². The van der Waals surface area contributed by atoms with Crippen molar-refractivity contribution in [1.82, 2.24) is 35.6 Å². The van der Waals surface area contributed by atoms with Crippen molar-refractivity contribution in [3.63, 3.8) is 0 Å². The van der Waals surface area contributed by atoms with Gasteiger partial charge in [0.25, 0.3) is 5.91 Å². The summed E-state index contributed by atoms with van der Waals surface area (Å²) in [5.41, 5.74) is 11.2. The Morgan fingerprint density at radius 3 is 2.81 bits per heavy atom. The van der Waals surface area contributed by atoms with Gasteiger partial charge in [0.2, 0.25) is 11.6 Å². The molecular weight excluding hydrogens is 410 g/mol. The van der Waals surface area contributed by atoms with Gasteiger partial charge in [-0.15, -0.1) is 5.10 Å². The highest BCUT2D eigenvalue weighted by Crippen LogP contribution is 2.22. The third-order valence-corrected chi connectivity index (χ3v) is 5.74. The highest BCUT2D eigenvalue weighted by Gasteiger charge is 2.27. The van der Waals surface area contributed by atoms with Gasteiger partial charge in [-0.2, -0.15) is 9.78 Å². The van der Waals surface area contributed by atoms with E-state index in [4.69, 9.17) is 10.4 Å². The van der Waals surface area contributed by atoms with Gasteiger partial charge in [0, 0.05) is 12.6 Å². The van der Waals surface area contributed by atoms with Crippen LogP contribution in [0, 0.1) is 0 Å². The summed E-state index contributed by atoms with van der Waals surface area (Å²) >= 11 is 0. The lowest BCUT2D eigenvalue weighted by molar-refractivity contribution is 0.0945. The SMILES string of the molecule is CCc1ccc(/C=N/NC(=O)c2nnn(-c3nonc3N)c2CN2CCCC[C@@H]2C)cc1. The lowest BCUT2D eigenvalue weighted by Gasteiger charge is -2.33. The van der Waals surface area contributed by atoms with Gasteiger partial charge in [0.15, 0.2) is 5.69 Å². The van der Waals surface area contributed by atoms with Crippen LogP contribution in [0.5, 0.6) is 0 Å². The topological polar surface area (TPSA) is 140 Å². The number of nitrogens with zero attached hydrogens (tertiary/aromatic N) is 7. The summed E-state index contributed by atoms with van der Waals surface area (Å²) in [5, 5.41) is 19.7. The highest BCUT2D eigenvalue weighted by atomic mass is 16.6. The van der Waals surface area contributed by atoms with Crippen LogP contribution in [-0.2, 0) is 13.0 Å². The van der Waals surface area contributed by atoms with Gasteiger partial charge in [0.05, 0.1) is 11.9 Å². The molecule has 3 N–H and O–H groups in total. The number of hydrazone groups is 1. The quantitative estimate of drug-likeness (QED) is 0.422. The first-order valence-electron chi connectivity index (χ1n) is 10.8. The first-order chi connectivity index (χ1) is 15.6. The maximum Gasteiger partial charge on any atom is 0.293 e. The highest BCUT2D eigenvalue weighted by molar-refractivity contribution is 5.94. The van der Waals surface area contributed by atoms with E-state index in [2.05, 4.69) is 49.9 Å². The third-order valence-electron chi connectivity index (χ3n) is 5.74. The Morgan fingerprint density at radius 1 is 1.31 bits per heavy atom. The van der Waals surface area contributed by atoms with E-state index in [1.54, 1.807) is 6.21 Å². The number of rotatable bonds is 7. The molecule has 0 spiro atoms. The first kappa shape index (κ1) is 21.6. The molecule has 4 rings (SSSR count). The van der Waals surface area contributed by atoms with E-state index in [9.17, 15) is 4.79 Å². The summed E-state index contributed by atoms with van der Waals surface area (Å²) in [7, 11) is 0. The van der Waals surface area contributed by atoms with Crippen molar-refractivity contribution in [2.24, 2.45) is 5.10 Å². The molecule has 1 amide bonds. The van der Waals surface area contributed by atoms with Crippen molar-refractivity contribution in [3.8, 4) is 5.82 Å². The van der Waals surface area contributed by atoms with Crippen LogP contribution in [0.15, 0.2) is 34.0 Å². The minimum atomic E-state index is -0.465. The predicted octanol–water partition coefficient (Wildman–Crippen LogP) is 1.93. The minimum absolute atomic E-state index is 0.0725. The molecule has 11 nitrogen and oxygen atoms in total. The second-order valence-corrected chi connectivity index (χ2v) is 7.88. The summed E-state index contributed by atoms with van der Waals surface area (Å²) in [4.78, 5) is 15.2. The number of nitrogens with one attached hydrogen (secondary N) is 1. The fraction of sp³-hybridized carbons (Fsp3) is 0.429. The second kappa shape index (κ2) is 9.69. The number of nitrogen functional groups attached to an aromatic ring is 1. The monoisotopic (exact) mass is 437 g/mol. The van der Waals surface area contributed by atoms with Crippen LogP contribution >= 0.6 is 0 Å². The van der Waals surface area contributed by atoms with E-state index in [1.807, 2.05) is 24.3 Å². The lowest BCUT2D eigenvalue weighted by atomic mass is 10.0. The van der Waals surface area contributed by atoms with Crippen LogP contribution in [0.1, 0.15) is 60.4 Å². The van der Waals surface area contributed by atoms with Crippen LogP contribution in [0.4, 0.5) is 5.82 Å². The number of carbonyl (C=O) groups is 1. The Labute approximate surface area is 185 Å². The van der Waals surface area contributed by atoms with Crippen LogP contribution in [-0.4, -0.2) is 54.9 Å². The van der Waals surface area contributed by atoms with Crippen LogP contribution in [0.2, 0.25) is 0 Å². The fourth-order valence-electron chi connectivity index (χ4n) is 3.77. The molecule has 2 aromatic heterocycles. The molecule has 168 valence electrons. The summed E-state index contributed by atoms with van der Waals surface area (Å²) in [6.07, 6.45) is 5.94. The van der Waals surface area contributed by atoms with Crippen LogP contribution < -0.4 is 11.2 Å². The number of hydrogen-bond acceptors (Lipinski definition) is 9. The van der Waals surface area contributed by atoms with Crippen molar-refractivity contribution in [1.29, 1.82) is 0 Å². The molecule has 1 atom stereocenters. The number of aromatic nitrogens is 5. The number of aryl methyl sites for hydroxylation is 1. The molecule has 3 aromatic rings. The number of piperidine rings is 1. The van der Waals surface area contributed by atoms with Crippen molar-refractivity contribution >= 4 is 17.9 Å². The maximum absolute atomic E-state index is 12.9. The molecule has 32 heavy (non-hydrogen) atoms. The molecule has 0 radical (unpaired) electrons. The van der Waals surface area contributed by atoms with E-state index in [0.29, 0.717) is 18.3 Å². The number of carbonyl (C=O) groups excluding carboxylic acids is 1. The average molecular weight is 438 g/mol. The zero-order valence-electron chi connectivity index (χ0n) is 18.2. The van der Waals surface area contributed by atoms with Gasteiger partial charge in [0.1, 0.15) is 0 Å². The van der Waals surface area contributed by atoms with Gasteiger partial charge >= 0.3 is 0 Å². The first-order valence-corrected chi connectivity index (χ1v) is 10.8. The third kappa shape index (κ3) is 4.67. The van der Waals surface area contributed by atoms with E-state index < -0.39 is 5.91 Å². The van der Waals surface area contributed by atoms with E-state index >= 15 is 0 Å². The normalized spacial score (nSPS) is 17.1. The Kier molecular flexibility index (Phi) is 6.55. The number of nitrogens with two attached hydrogens (primary N) is 1. The molecule has 1 aliphatic rings. The zero-order chi connectivity index (χ0) is 22.5. The number of likely N-dealkylation sites (tertiary alicyclic amines) is 1. The molecule has 1 fully saturated rings. The molecule has 0 unspecified atom stereocenters. The molecule has 3 heterocycles. The summed E-state index contributed by atoms with van der Waals surface area (Å²) in [5.74, 6) is -0.188. The van der Waals surface area contributed by atoms with Gasteiger partial charge < -0.3 is 5.73 Å². The number of benzene rings is 1. The lowest BCUT2D eigenvalue weighted by Crippen LogP contribution is -2.38. The summed E-state index contributed by atoms with van der Waals surface area (Å²) in [6, 6.07) is 8.34. The Balaban J connectivity index is 1.56. The van der Waals surface area contributed by atoms with Crippen molar-refractivity contribution in [2.75, 3.05) is 12.3 Å². The standard InChI is InChI=1S/C21H27N9O2/c1-3-15-7-9-16(10-8-15)12-23-25-21(31)18-17(13-29-11-5-4-6-14(29)2)30(28-24-18)20-19(22)26-32-27-20/h7-10,12,14H,3-6,11,13H2,1-2H3,(H2,22,26)(H,25,31)/b23-12+/t14-/m0/s1. The van der Waals surface area contributed by atoms with Gasteiger partial charge in [-0.05, 0) is 54.2 Å². The molecule has 0 saturated carbocycles. The van der Waals surface area contributed by atoms with Crippen LogP contribution in [0.25, 0.3) is 5.82 Å². The smallest absolute Gasteiger partial charge is 0.293 e. The molecule has 1 saturated heterocycles. The van der Waals surface area contributed by atoms with Crippen LogP contribution in [0.3, 0.4) is 0 Å². The fourth-order valence-corrected chi connectivity index (χ4v) is 3.77. The molecule has 11 heteroatoms. The van der Waals surface area contributed by atoms with E-state index in [-0.39, 0.29) is 17.3 Å². The minimum Gasteiger partial charge on any atom is -0.378 e. The summed E-state index contributed by atoms with van der Waals surface area (Å²) in [6.45, 7) is 5.66. The van der Waals surface area contributed by atoms with Crippen molar-refractivity contribution < 1.29 is 9.42 Å². The molecule has 0 bridgehead atoms. The maximum atomic E-state index is 12.9. The molecule has 1 aliphatic heterocycles. The Morgan fingerprint density at radius 2 is 2.12 bits per heavy atom. The zero-order valence-corrected chi connectivity index (χ0v) is 18.2. The molecule has 0 aliphatic carbocycles.